The van der Waals surface area contributed by atoms with E-state index in [0.29, 0.717) is 0 Å². The molecule has 2 N–H and O–H groups in total. The molecule has 0 saturated carbocycles. The fourth-order valence-corrected chi connectivity index (χ4v) is 2.10. The van der Waals surface area contributed by atoms with Crippen LogP contribution in [-0.4, -0.2) is 34.9 Å². The van der Waals surface area contributed by atoms with Crippen LogP contribution in [0.2, 0.25) is 0 Å². The minimum absolute atomic E-state index is 0.280. The van der Waals surface area contributed by atoms with E-state index < -0.39 is 58.7 Å². The van der Waals surface area contributed by atoms with Gasteiger partial charge in [-0.05, 0) is 18.2 Å². The van der Waals surface area contributed by atoms with Gasteiger partial charge >= 0.3 is 24.7 Å². The van der Waals surface area contributed by atoms with Crippen molar-refractivity contribution in [1.29, 1.82) is 0 Å². The molecule has 2 nitrogen and oxygen atoms in total. The number of terminal acetylenes is 1. The van der Waals surface area contributed by atoms with E-state index in [2.05, 4.69) is 6.42 Å². The van der Waals surface area contributed by atoms with Crippen molar-refractivity contribution in [2.45, 2.75) is 35.9 Å². The minimum Gasteiger partial charge on any atom is -0.369 e. The first-order valence-corrected chi connectivity index (χ1v) is 6.49. The molecule has 0 spiro atoms. The Labute approximate surface area is 147 Å². The third-order valence-electron chi connectivity index (χ3n) is 3.58. The van der Waals surface area contributed by atoms with Crippen molar-refractivity contribution in [3.63, 3.8) is 0 Å². The van der Waals surface area contributed by atoms with Gasteiger partial charge in [-0.1, -0.05) is 5.92 Å². The quantitative estimate of drug-likeness (QED) is 0.539. The molecule has 1 rings (SSSR count). The van der Waals surface area contributed by atoms with Crippen molar-refractivity contribution < 1.29 is 62.9 Å². The molecule has 14 heteroatoms. The van der Waals surface area contributed by atoms with Gasteiger partial charge in [0.2, 0.25) is 0 Å². The summed E-state index contributed by atoms with van der Waals surface area (Å²) in [6, 6.07) is -1.47. The van der Waals surface area contributed by atoms with Gasteiger partial charge in [-0.15, -0.1) is 6.42 Å². The van der Waals surface area contributed by atoms with Crippen molar-refractivity contribution in [2.24, 2.45) is 0 Å². The Kier molecular flexibility index (Phi) is 5.50. The molecule has 0 aliphatic carbocycles. The highest BCUT2D eigenvalue weighted by molar-refractivity contribution is 5.45. The third-order valence-corrected chi connectivity index (χ3v) is 3.58. The Morgan fingerprint density at radius 2 is 0.821 bits per heavy atom. The predicted octanol–water partition coefficient (Wildman–Crippen LogP) is 4.29. The zero-order chi connectivity index (χ0) is 22.6. The van der Waals surface area contributed by atoms with E-state index in [9.17, 15) is 62.9 Å². The molecule has 158 valence electrons. The van der Waals surface area contributed by atoms with Gasteiger partial charge in [-0.25, -0.2) is 0 Å². The Balaban J connectivity index is 4.05. The van der Waals surface area contributed by atoms with Crippen LogP contribution in [0.5, 0.6) is 0 Å². The molecule has 0 aliphatic rings. The second-order valence-corrected chi connectivity index (χ2v) is 5.36. The Hall–Kier alpha value is -2.14. The van der Waals surface area contributed by atoms with Crippen LogP contribution >= 0.6 is 0 Å². The first-order valence-electron chi connectivity index (χ1n) is 6.49. The number of hydrogen-bond donors (Lipinski definition) is 2. The SMILES string of the molecule is C#Cc1cc(C(O)(C(F)(F)F)C(F)(F)F)cc(C(O)(C(F)(F)F)C(F)(F)F)c1. The monoisotopic (exact) mass is 434 g/mol. The maximum absolute atomic E-state index is 12.9. The highest BCUT2D eigenvalue weighted by Crippen LogP contribution is 2.53. The summed E-state index contributed by atoms with van der Waals surface area (Å²) in [6.07, 6.45) is -21.8. The van der Waals surface area contributed by atoms with Crippen LogP contribution in [0.1, 0.15) is 16.7 Å². The van der Waals surface area contributed by atoms with Crippen LogP contribution in [-0.2, 0) is 11.2 Å². The average molecular weight is 434 g/mol. The van der Waals surface area contributed by atoms with Gasteiger partial charge in [0.15, 0.2) is 0 Å². The van der Waals surface area contributed by atoms with Gasteiger partial charge in [0.1, 0.15) is 0 Å². The molecule has 0 aliphatic heterocycles. The molecule has 0 amide bonds. The molecule has 0 fully saturated rings. The van der Waals surface area contributed by atoms with Gasteiger partial charge < -0.3 is 10.2 Å². The number of hydrogen-bond acceptors (Lipinski definition) is 2. The zero-order valence-electron chi connectivity index (χ0n) is 12.7. The van der Waals surface area contributed by atoms with Crippen LogP contribution in [0.3, 0.4) is 0 Å². The average Bonchev–Trinajstić information content (AvgIpc) is 2.48. The largest absolute Gasteiger partial charge is 0.430 e. The van der Waals surface area contributed by atoms with Crippen molar-refractivity contribution in [1.82, 2.24) is 0 Å². The van der Waals surface area contributed by atoms with E-state index in [0.717, 1.165) is 0 Å². The number of halogens is 12. The molecule has 0 atom stereocenters. The van der Waals surface area contributed by atoms with Crippen molar-refractivity contribution in [3.05, 3.63) is 34.9 Å². The van der Waals surface area contributed by atoms with Crippen LogP contribution in [0.15, 0.2) is 18.2 Å². The van der Waals surface area contributed by atoms with Crippen molar-refractivity contribution in [2.75, 3.05) is 0 Å². The summed E-state index contributed by atoms with van der Waals surface area (Å²) in [6.45, 7) is 0. The predicted molar refractivity (Wildman–Crippen MR) is 66.4 cm³/mol. The fraction of sp³-hybridized carbons (Fsp3) is 0.429. The molecule has 28 heavy (non-hydrogen) atoms. The molecule has 1 aromatic carbocycles. The Bertz CT molecular complexity index is 692. The molecular formula is C14H6F12O2. The van der Waals surface area contributed by atoms with Gasteiger partial charge in [0, 0.05) is 16.7 Å². The Morgan fingerprint density at radius 1 is 0.571 bits per heavy atom. The lowest BCUT2D eigenvalue weighted by atomic mass is 9.84. The maximum atomic E-state index is 12.9. The number of alkyl halides is 12. The lowest BCUT2D eigenvalue weighted by molar-refractivity contribution is -0.378. The second kappa shape index (κ2) is 6.45. The van der Waals surface area contributed by atoms with Crippen LogP contribution in [0, 0.1) is 12.3 Å². The summed E-state index contributed by atoms with van der Waals surface area (Å²) in [5, 5.41) is 18.4. The zero-order valence-corrected chi connectivity index (χ0v) is 12.7. The van der Waals surface area contributed by atoms with E-state index in [1.165, 1.54) is 5.92 Å². The molecule has 0 unspecified atom stereocenters. The summed E-state index contributed by atoms with van der Waals surface area (Å²) >= 11 is 0. The Morgan fingerprint density at radius 3 is 1.00 bits per heavy atom. The molecule has 1 aromatic rings. The first kappa shape index (κ1) is 23.9. The van der Waals surface area contributed by atoms with Crippen LogP contribution in [0.25, 0.3) is 0 Å². The molecule has 0 bridgehead atoms. The highest BCUT2D eigenvalue weighted by atomic mass is 19.4. The van der Waals surface area contributed by atoms with Gasteiger partial charge in [-0.3, -0.25) is 0 Å². The minimum atomic E-state index is -6.62. The van der Waals surface area contributed by atoms with Gasteiger partial charge in [0.05, 0.1) is 0 Å². The fourth-order valence-electron chi connectivity index (χ4n) is 2.10. The highest BCUT2D eigenvalue weighted by Gasteiger charge is 2.74. The standard InChI is InChI=1S/C14H6F12O2/c1-2-6-3-7(9(27,11(15,16)17)12(18,19)20)5-8(4-6)10(28,13(21,22)23)14(24,25)26/h1,3-5,27-28H. The summed E-state index contributed by atoms with van der Waals surface area (Å²) in [4.78, 5) is 0. The number of benzene rings is 1. The molecule has 0 radical (unpaired) electrons. The lowest BCUT2D eigenvalue weighted by Crippen LogP contribution is -2.55. The third kappa shape index (κ3) is 3.48. The molecular weight excluding hydrogens is 428 g/mol. The smallest absolute Gasteiger partial charge is 0.369 e. The van der Waals surface area contributed by atoms with Crippen LogP contribution < -0.4 is 0 Å². The van der Waals surface area contributed by atoms with E-state index in [1.807, 2.05) is 0 Å². The molecule has 0 saturated heterocycles. The second-order valence-electron chi connectivity index (χ2n) is 5.36. The molecule has 0 heterocycles. The van der Waals surface area contributed by atoms with E-state index in [-0.39, 0.29) is 12.1 Å². The van der Waals surface area contributed by atoms with Crippen LogP contribution in [0.4, 0.5) is 52.7 Å². The topological polar surface area (TPSA) is 40.5 Å². The summed E-state index contributed by atoms with van der Waals surface area (Å²) < 4.78 is 155. The number of rotatable bonds is 2. The first-order chi connectivity index (χ1) is 12.1. The van der Waals surface area contributed by atoms with E-state index in [1.54, 1.807) is 0 Å². The summed E-state index contributed by atoms with van der Waals surface area (Å²) in [7, 11) is 0. The van der Waals surface area contributed by atoms with Gasteiger partial charge in [-0.2, -0.15) is 52.7 Å². The summed E-state index contributed by atoms with van der Waals surface area (Å²) in [5.41, 5.74) is -18.1. The molecule has 0 aromatic heterocycles. The maximum Gasteiger partial charge on any atom is 0.430 e. The van der Waals surface area contributed by atoms with Gasteiger partial charge in [0.25, 0.3) is 11.2 Å². The lowest BCUT2D eigenvalue weighted by Gasteiger charge is -2.36. The summed E-state index contributed by atoms with van der Waals surface area (Å²) in [5.74, 6) is 1.27. The van der Waals surface area contributed by atoms with Crippen molar-refractivity contribution in [3.8, 4) is 12.3 Å². The van der Waals surface area contributed by atoms with E-state index in [4.69, 9.17) is 0 Å². The normalized spacial score (nSPS) is 14.8. The van der Waals surface area contributed by atoms with Crippen molar-refractivity contribution >= 4 is 0 Å². The number of aliphatic hydroxyl groups is 2. The van der Waals surface area contributed by atoms with E-state index >= 15 is 0 Å².